The van der Waals surface area contributed by atoms with Gasteiger partial charge in [0.15, 0.2) is 0 Å². The van der Waals surface area contributed by atoms with Crippen molar-refractivity contribution in [3.8, 4) is 11.1 Å². The fourth-order valence-corrected chi connectivity index (χ4v) is 3.77. The number of nitro groups is 1. The number of hydrogen-bond acceptors (Lipinski definition) is 3. The van der Waals surface area contributed by atoms with E-state index < -0.39 is 16.7 Å². The maximum Gasteiger partial charge on any atom is 0.353 e. The summed E-state index contributed by atoms with van der Waals surface area (Å²) in [5, 5.41) is 22.0. The van der Waals surface area contributed by atoms with Gasteiger partial charge in [0.25, 0.3) is 5.69 Å². The van der Waals surface area contributed by atoms with Crippen LogP contribution in [0.4, 0.5) is 10.1 Å². The van der Waals surface area contributed by atoms with E-state index in [0.717, 1.165) is 0 Å². The van der Waals surface area contributed by atoms with Crippen LogP contribution in [0, 0.1) is 15.9 Å². The highest BCUT2D eigenvalue weighted by atomic mass is 35.5. The van der Waals surface area contributed by atoms with Gasteiger partial charge in [0.2, 0.25) is 0 Å². The molecule has 1 N–H and O–H groups in total. The molecule has 0 aliphatic heterocycles. The SMILES string of the molecule is O=C(O)c1c(-c2ccccc2F)c2cc(Cl)ccc2n1Cc1cccc([N+](=O)[O-])c1. The highest BCUT2D eigenvalue weighted by Crippen LogP contribution is 2.38. The molecule has 30 heavy (non-hydrogen) atoms. The van der Waals surface area contributed by atoms with E-state index in [1.807, 2.05) is 0 Å². The molecule has 3 aromatic carbocycles. The van der Waals surface area contributed by atoms with Gasteiger partial charge >= 0.3 is 5.97 Å². The lowest BCUT2D eigenvalue weighted by molar-refractivity contribution is -0.384. The molecule has 8 heteroatoms. The molecule has 4 aromatic rings. The van der Waals surface area contributed by atoms with E-state index in [2.05, 4.69) is 0 Å². The lowest BCUT2D eigenvalue weighted by Gasteiger charge is -2.10. The first-order valence-electron chi connectivity index (χ1n) is 8.90. The van der Waals surface area contributed by atoms with E-state index >= 15 is 0 Å². The van der Waals surface area contributed by atoms with Gasteiger partial charge in [-0.25, -0.2) is 9.18 Å². The second-order valence-corrected chi connectivity index (χ2v) is 7.12. The van der Waals surface area contributed by atoms with Crippen LogP contribution in [0.2, 0.25) is 5.02 Å². The average molecular weight is 425 g/mol. The highest BCUT2D eigenvalue weighted by molar-refractivity contribution is 6.31. The monoisotopic (exact) mass is 424 g/mol. The Morgan fingerprint density at radius 2 is 1.87 bits per heavy atom. The molecule has 6 nitrogen and oxygen atoms in total. The van der Waals surface area contributed by atoms with Gasteiger partial charge in [-0.2, -0.15) is 0 Å². The number of hydrogen-bond donors (Lipinski definition) is 1. The van der Waals surface area contributed by atoms with Crippen molar-refractivity contribution in [2.24, 2.45) is 0 Å². The molecular weight excluding hydrogens is 411 g/mol. The standard InChI is InChI=1S/C22H14ClFN2O4/c23-14-8-9-19-17(11-14)20(16-6-1-2-7-18(16)24)21(22(27)28)25(19)12-13-4-3-5-15(10-13)26(29)30/h1-11H,12H2,(H,27,28). The lowest BCUT2D eigenvalue weighted by atomic mass is 10.0. The predicted molar refractivity (Wildman–Crippen MR) is 111 cm³/mol. The van der Waals surface area contributed by atoms with Crippen LogP contribution in [0.1, 0.15) is 16.1 Å². The van der Waals surface area contributed by atoms with Gasteiger partial charge in [-0.05, 0) is 29.8 Å². The van der Waals surface area contributed by atoms with Gasteiger partial charge in [-0.15, -0.1) is 0 Å². The van der Waals surface area contributed by atoms with Crippen molar-refractivity contribution >= 4 is 34.2 Å². The average Bonchev–Trinajstić information content (AvgIpc) is 3.02. The minimum atomic E-state index is -1.24. The zero-order valence-electron chi connectivity index (χ0n) is 15.4. The number of carboxylic acid groups (broad SMARTS) is 1. The second kappa shape index (κ2) is 7.61. The summed E-state index contributed by atoms with van der Waals surface area (Å²) in [5.74, 6) is -1.81. The molecule has 0 bridgehead atoms. The Bertz CT molecular complexity index is 1320. The first-order chi connectivity index (χ1) is 14.4. The molecular formula is C22H14ClFN2O4. The van der Waals surface area contributed by atoms with Gasteiger partial charge in [0, 0.05) is 45.7 Å². The van der Waals surface area contributed by atoms with E-state index in [9.17, 15) is 24.4 Å². The molecule has 0 radical (unpaired) electrons. The summed E-state index contributed by atoms with van der Waals surface area (Å²) >= 11 is 6.15. The normalized spacial score (nSPS) is 11.0. The van der Waals surface area contributed by atoms with E-state index in [4.69, 9.17) is 11.6 Å². The van der Waals surface area contributed by atoms with Crippen LogP contribution >= 0.6 is 11.6 Å². The van der Waals surface area contributed by atoms with Gasteiger partial charge in [0.05, 0.1) is 4.92 Å². The number of aromatic carboxylic acids is 1. The fourth-order valence-electron chi connectivity index (χ4n) is 3.60. The van der Waals surface area contributed by atoms with Crippen LogP contribution in [0.3, 0.4) is 0 Å². The minimum absolute atomic E-state index is 0.0515. The maximum atomic E-state index is 14.6. The smallest absolute Gasteiger partial charge is 0.353 e. The van der Waals surface area contributed by atoms with Gasteiger partial charge < -0.3 is 9.67 Å². The summed E-state index contributed by atoms with van der Waals surface area (Å²) < 4.78 is 16.1. The molecule has 0 aliphatic rings. The Labute approximate surface area is 174 Å². The van der Waals surface area contributed by atoms with E-state index in [1.165, 1.54) is 41.0 Å². The van der Waals surface area contributed by atoms with Crippen LogP contribution in [0.25, 0.3) is 22.0 Å². The third-order valence-electron chi connectivity index (χ3n) is 4.83. The molecule has 0 fully saturated rings. The number of nitro benzene ring substituents is 1. The molecule has 150 valence electrons. The summed E-state index contributed by atoms with van der Waals surface area (Å²) in [7, 11) is 0. The maximum absolute atomic E-state index is 14.6. The molecule has 4 rings (SSSR count). The van der Waals surface area contributed by atoms with E-state index in [1.54, 1.807) is 30.3 Å². The van der Waals surface area contributed by atoms with Crippen LogP contribution in [-0.2, 0) is 6.54 Å². The molecule has 0 atom stereocenters. The van der Waals surface area contributed by atoms with Crippen LogP contribution in [-0.4, -0.2) is 20.6 Å². The largest absolute Gasteiger partial charge is 0.477 e. The van der Waals surface area contributed by atoms with Gasteiger partial charge in [-0.3, -0.25) is 10.1 Å². The zero-order valence-corrected chi connectivity index (χ0v) is 16.1. The first kappa shape index (κ1) is 19.6. The van der Waals surface area contributed by atoms with Crippen molar-refractivity contribution in [2.75, 3.05) is 0 Å². The number of non-ortho nitro benzene ring substituents is 1. The summed E-state index contributed by atoms with van der Waals surface area (Å²) in [6.07, 6.45) is 0. The Hall–Kier alpha value is -3.71. The third-order valence-corrected chi connectivity index (χ3v) is 5.07. The van der Waals surface area contributed by atoms with Crippen molar-refractivity contribution in [3.63, 3.8) is 0 Å². The number of fused-ring (bicyclic) bond motifs is 1. The fraction of sp³-hybridized carbons (Fsp3) is 0.0455. The first-order valence-corrected chi connectivity index (χ1v) is 9.28. The number of halogens is 2. The lowest BCUT2D eigenvalue weighted by Crippen LogP contribution is -2.11. The minimum Gasteiger partial charge on any atom is -0.477 e. The summed E-state index contributed by atoms with van der Waals surface area (Å²) in [6, 6.07) is 16.7. The molecule has 0 saturated heterocycles. The van der Waals surface area contributed by atoms with E-state index in [0.29, 0.717) is 21.5 Å². The van der Waals surface area contributed by atoms with Crippen LogP contribution < -0.4 is 0 Å². The summed E-state index contributed by atoms with van der Waals surface area (Å²) in [4.78, 5) is 22.9. The topological polar surface area (TPSA) is 85.4 Å². The molecule has 0 amide bonds. The van der Waals surface area contributed by atoms with Crippen molar-refractivity contribution in [1.29, 1.82) is 0 Å². The second-order valence-electron chi connectivity index (χ2n) is 6.68. The number of rotatable bonds is 5. The number of nitrogens with zero attached hydrogens (tertiary/aromatic N) is 2. The third kappa shape index (κ3) is 3.40. The number of aromatic nitrogens is 1. The molecule has 1 heterocycles. The van der Waals surface area contributed by atoms with E-state index in [-0.39, 0.29) is 29.1 Å². The van der Waals surface area contributed by atoms with Crippen molar-refractivity contribution in [3.05, 3.63) is 98.9 Å². The van der Waals surface area contributed by atoms with Crippen molar-refractivity contribution in [1.82, 2.24) is 4.57 Å². The van der Waals surface area contributed by atoms with Crippen LogP contribution in [0.15, 0.2) is 66.7 Å². The van der Waals surface area contributed by atoms with Gasteiger partial charge in [0.1, 0.15) is 11.5 Å². The highest BCUT2D eigenvalue weighted by Gasteiger charge is 2.25. The Morgan fingerprint density at radius 1 is 1.10 bits per heavy atom. The quantitative estimate of drug-likeness (QED) is 0.326. The Morgan fingerprint density at radius 3 is 2.57 bits per heavy atom. The number of carboxylic acids is 1. The van der Waals surface area contributed by atoms with Crippen LogP contribution in [0.5, 0.6) is 0 Å². The molecule has 0 unspecified atom stereocenters. The molecule has 1 aromatic heterocycles. The summed E-state index contributed by atoms with van der Waals surface area (Å²) in [5.41, 5.74) is 1.20. The predicted octanol–water partition coefficient (Wildman–Crippen LogP) is 5.76. The molecule has 0 saturated carbocycles. The van der Waals surface area contributed by atoms with Crippen molar-refractivity contribution in [2.45, 2.75) is 6.54 Å². The summed E-state index contributed by atoms with van der Waals surface area (Å²) in [6.45, 7) is 0.0515. The molecule has 0 aliphatic carbocycles. The Balaban J connectivity index is 2.02. The zero-order chi connectivity index (χ0) is 21.4. The van der Waals surface area contributed by atoms with Gasteiger partial charge in [-0.1, -0.05) is 41.9 Å². The number of benzene rings is 3. The Kier molecular flexibility index (Phi) is 4.97. The van der Waals surface area contributed by atoms with Crippen molar-refractivity contribution < 1.29 is 19.2 Å². The number of carbonyl (C=O) groups is 1. The molecule has 0 spiro atoms.